The summed E-state index contributed by atoms with van der Waals surface area (Å²) in [6.07, 6.45) is -8.71. The van der Waals surface area contributed by atoms with Gasteiger partial charge in [-0.3, -0.25) is 0 Å². The summed E-state index contributed by atoms with van der Waals surface area (Å²) in [7, 11) is 0. The molecule has 6 rings (SSSR count). The lowest BCUT2D eigenvalue weighted by Gasteiger charge is -2.08. The van der Waals surface area contributed by atoms with Crippen molar-refractivity contribution in [3.8, 4) is 52.9 Å². The van der Waals surface area contributed by atoms with Gasteiger partial charge in [-0.1, -0.05) is 72.8 Å². The smallest absolute Gasteiger partial charge is 0.166 e. The zero-order chi connectivity index (χ0) is 29.5. The predicted octanol–water partition coefficient (Wildman–Crippen LogP) is 12.2. The highest BCUT2D eigenvalue weighted by Crippen LogP contribution is 2.41. The van der Waals surface area contributed by atoms with E-state index in [1.165, 1.54) is 24.3 Å². The number of alkyl halides is 6. The van der Waals surface area contributed by atoms with Crippen LogP contribution >= 0.6 is 22.7 Å². The molecule has 2 aromatic heterocycles. The number of benzene rings is 4. The molecule has 0 aliphatic carbocycles. The molecule has 0 aliphatic heterocycles. The first-order chi connectivity index (χ1) is 20.0. The summed E-state index contributed by atoms with van der Waals surface area (Å²) >= 11 is 3.32. The molecule has 8 heteroatoms. The highest BCUT2D eigenvalue weighted by atomic mass is 32.1. The zero-order valence-electron chi connectivity index (χ0n) is 21.6. The highest BCUT2D eigenvalue weighted by molar-refractivity contribution is 7.25. The van der Waals surface area contributed by atoms with E-state index < -0.39 is 23.5 Å². The molecule has 0 saturated carbocycles. The van der Waals surface area contributed by atoms with Gasteiger partial charge >= 0.3 is 12.4 Å². The van der Waals surface area contributed by atoms with E-state index in [0.29, 0.717) is 0 Å². The number of thiophene rings is 2. The Kier molecular flexibility index (Phi) is 7.29. The van der Waals surface area contributed by atoms with Crippen molar-refractivity contribution in [1.82, 2.24) is 0 Å². The van der Waals surface area contributed by atoms with Crippen LogP contribution in [0, 0.1) is 0 Å². The summed E-state index contributed by atoms with van der Waals surface area (Å²) in [4.78, 5) is 4.41. The first kappa shape index (κ1) is 28.0. The van der Waals surface area contributed by atoms with E-state index in [-0.39, 0.29) is 0 Å². The molecule has 2 heterocycles. The summed E-state index contributed by atoms with van der Waals surface area (Å²) in [5.74, 6) is 0. The van der Waals surface area contributed by atoms with E-state index in [1.807, 2.05) is 48.5 Å². The summed E-state index contributed by atoms with van der Waals surface area (Å²) in [5.41, 5.74) is 3.85. The van der Waals surface area contributed by atoms with Crippen LogP contribution in [-0.2, 0) is 12.4 Å². The van der Waals surface area contributed by atoms with Crippen LogP contribution in [0.1, 0.15) is 11.1 Å². The maximum Gasteiger partial charge on any atom is 0.416 e. The Hall–Kier alpha value is -4.14. The molecule has 0 spiro atoms. The lowest BCUT2D eigenvalue weighted by Crippen LogP contribution is -2.03. The molecule has 0 aliphatic rings. The molecule has 0 radical (unpaired) electrons. The van der Waals surface area contributed by atoms with E-state index in [9.17, 15) is 26.3 Å². The van der Waals surface area contributed by atoms with Gasteiger partial charge in [0.05, 0.1) is 11.1 Å². The zero-order valence-corrected chi connectivity index (χ0v) is 23.3. The molecule has 0 nitrogen and oxygen atoms in total. The number of hydrogen-bond acceptors (Lipinski definition) is 2. The lowest BCUT2D eigenvalue weighted by molar-refractivity contribution is -0.138. The molecular weight excluding hydrogens is 586 g/mol. The van der Waals surface area contributed by atoms with Crippen molar-refractivity contribution in [2.45, 2.75) is 12.4 Å². The number of rotatable bonds is 5. The van der Waals surface area contributed by atoms with Crippen LogP contribution in [0.4, 0.5) is 26.3 Å². The summed E-state index contributed by atoms with van der Waals surface area (Å²) in [5, 5.41) is 0. The van der Waals surface area contributed by atoms with E-state index in [1.54, 1.807) is 22.7 Å². The van der Waals surface area contributed by atoms with Gasteiger partial charge < -0.3 is 0 Å². The molecule has 0 bridgehead atoms. The fraction of sp³-hybridized carbons (Fsp3) is 0.0588. The van der Waals surface area contributed by atoms with E-state index >= 15 is 0 Å². The topological polar surface area (TPSA) is 0 Å². The fourth-order valence-electron chi connectivity index (χ4n) is 4.61. The average Bonchev–Trinajstić information content (AvgIpc) is 3.67. The van der Waals surface area contributed by atoms with Gasteiger partial charge in [-0.15, -0.1) is 22.7 Å². The third-order valence-corrected chi connectivity index (χ3v) is 9.35. The molecule has 4 aromatic carbocycles. The van der Waals surface area contributed by atoms with Crippen LogP contribution in [0.5, 0.6) is 0 Å². The SMILES string of the molecule is FC(F)(F)c1ccc(-c2ccc(-c3ccc(-c4ccc(-c5ccc(-c6ccc(C(F)(F)F)cc6)cc5)s4)s3)cc2)cc1. The Morgan fingerprint density at radius 1 is 0.286 bits per heavy atom. The molecule has 0 N–H and O–H groups in total. The Bertz CT molecular complexity index is 1670. The minimum absolute atomic E-state index is 0.666. The third kappa shape index (κ3) is 5.91. The first-order valence-electron chi connectivity index (χ1n) is 12.8. The monoisotopic (exact) mass is 606 g/mol. The van der Waals surface area contributed by atoms with Gasteiger partial charge in [0.25, 0.3) is 0 Å². The maximum absolute atomic E-state index is 12.9. The quantitative estimate of drug-likeness (QED) is 0.171. The Morgan fingerprint density at radius 2 is 0.524 bits per heavy atom. The minimum Gasteiger partial charge on any atom is -0.166 e. The van der Waals surface area contributed by atoms with Gasteiger partial charge in [0, 0.05) is 19.5 Å². The molecule has 0 fully saturated rings. The van der Waals surface area contributed by atoms with Crippen molar-refractivity contribution in [3.05, 3.63) is 132 Å². The second-order valence-corrected chi connectivity index (χ2v) is 11.8. The van der Waals surface area contributed by atoms with Gasteiger partial charge in [-0.2, -0.15) is 26.3 Å². The third-order valence-electron chi connectivity index (χ3n) is 6.88. The molecule has 210 valence electrons. The molecule has 0 atom stereocenters. The first-order valence-corrected chi connectivity index (χ1v) is 14.4. The van der Waals surface area contributed by atoms with Crippen molar-refractivity contribution in [3.63, 3.8) is 0 Å². The van der Waals surface area contributed by atoms with Crippen LogP contribution in [-0.4, -0.2) is 0 Å². The predicted molar refractivity (Wildman–Crippen MR) is 159 cm³/mol. The molecule has 42 heavy (non-hydrogen) atoms. The van der Waals surface area contributed by atoms with Crippen LogP contribution < -0.4 is 0 Å². The molecule has 0 saturated heterocycles. The fourth-order valence-corrected chi connectivity index (χ4v) is 6.72. The molecule has 0 unspecified atom stereocenters. The maximum atomic E-state index is 12.9. The summed E-state index contributed by atoms with van der Waals surface area (Å²) in [6.45, 7) is 0. The standard InChI is InChI=1S/C34H20F6S2/c35-33(36,37)27-13-9-23(10-14-27)21-1-5-25(6-2-21)29-17-19-31(41-29)32-20-18-30(42-32)26-7-3-22(4-8-26)24-11-15-28(16-12-24)34(38,39)40/h1-20H. The van der Waals surface area contributed by atoms with Crippen LogP contribution in [0.2, 0.25) is 0 Å². The van der Waals surface area contributed by atoms with Crippen molar-refractivity contribution >= 4 is 22.7 Å². The minimum atomic E-state index is -4.36. The molecular formula is C34H20F6S2. The Labute approximate surface area is 246 Å². The van der Waals surface area contributed by atoms with Crippen LogP contribution in [0.25, 0.3) is 52.9 Å². The van der Waals surface area contributed by atoms with Crippen molar-refractivity contribution < 1.29 is 26.3 Å². The average molecular weight is 607 g/mol. The largest absolute Gasteiger partial charge is 0.416 e. The van der Waals surface area contributed by atoms with Gasteiger partial charge in [0.15, 0.2) is 0 Å². The van der Waals surface area contributed by atoms with Gasteiger partial charge in [-0.25, -0.2) is 0 Å². The van der Waals surface area contributed by atoms with E-state index in [0.717, 1.165) is 77.2 Å². The van der Waals surface area contributed by atoms with E-state index in [2.05, 4.69) is 24.3 Å². The summed E-state index contributed by atoms with van der Waals surface area (Å²) in [6, 6.07) is 34.1. The Morgan fingerprint density at radius 3 is 0.810 bits per heavy atom. The van der Waals surface area contributed by atoms with E-state index in [4.69, 9.17) is 0 Å². The molecule has 0 amide bonds. The summed E-state index contributed by atoms with van der Waals surface area (Å²) < 4.78 is 77.2. The number of hydrogen-bond donors (Lipinski definition) is 0. The second kappa shape index (κ2) is 10.9. The highest BCUT2D eigenvalue weighted by Gasteiger charge is 2.30. The van der Waals surface area contributed by atoms with Crippen molar-refractivity contribution in [1.29, 1.82) is 0 Å². The normalized spacial score (nSPS) is 12.0. The van der Waals surface area contributed by atoms with Gasteiger partial charge in [0.2, 0.25) is 0 Å². The number of halogens is 6. The molecule has 6 aromatic rings. The Balaban J connectivity index is 1.15. The van der Waals surface area contributed by atoms with Crippen LogP contribution in [0.15, 0.2) is 121 Å². The van der Waals surface area contributed by atoms with Crippen molar-refractivity contribution in [2.24, 2.45) is 0 Å². The van der Waals surface area contributed by atoms with Gasteiger partial charge in [0.1, 0.15) is 0 Å². The second-order valence-electron chi connectivity index (χ2n) is 9.63. The lowest BCUT2D eigenvalue weighted by atomic mass is 10.0. The van der Waals surface area contributed by atoms with Crippen molar-refractivity contribution in [2.75, 3.05) is 0 Å². The van der Waals surface area contributed by atoms with Gasteiger partial charge in [-0.05, 0) is 81.9 Å². The van der Waals surface area contributed by atoms with Crippen LogP contribution in [0.3, 0.4) is 0 Å².